The topological polar surface area (TPSA) is 37.8 Å². The van der Waals surface area contributed by atoms with Crippen LogP contribution in [0, 0.1) is 5.92 Å². The van der Waals surface area contributed by atoms with Crippen LogP contribution in [0.15, 0.2) is 41.1 Å². The first-order chi connectivity index (χ1) is 10.3. The molecule has 4 heteroatoms. The number of hydrogen-bond donors (Lipinski definition) is 1. The van der Waals surface area contributed by atoms with Crippen molar-refractivity contribution in [2.24, 2.45) is 5.92 Å². The van der Waals surface area contributed by atoms with E-state index in [4.69, 9.17) is 9.97 Å². The summed E-state index contributed by atoms with van der Waals surface area (Å²) in [5, 5.41) is 8.86. The van der Waals surface area contributed by atoms with Gasteiger partial charge in [-0.3, -0.25) is 0 Å². The van der Waals surface area contributed by atoms with Gasteiger partial charge in [-0.25, -0.2) is 9.97 Å². The molecule has 0 radical (unpaired) electrons. The minimum atomic E-state index is 0.471. The fourth-order valence-corrected chi connectivity index (χ4v) is 3.27. The van der Waals surface area contributed by atoms with Gasteiger partial charge in [0.15, 0.2) is 5.82 Å². The molecule has 0 unspecified atom stereocenters. The molecular weight excluding hydrogens is 278 g/mol. The lowest BCUT2D eigenvalue weighted by molar-refractivity contribution is 0.691. The number of nitrogens with one attached hydrogen (secondary N) is 1. The number of rotatable bonds is 4. The Kier molecular flexibility index (Phi) is 3.11. The van der Waals surface area contributed by atoms with E-state index in [1.165, 1.54) is 12.8 Å². The van der Waals surface area contributed by atoms with E-state index >= 15 is 0 Å². The molecule has 1 aromatic carbocycles. The quantitative estimate of drug-likeness (QED) is 0.766. The van der Waals surface area contributed by atoms with Crippen LogP contribution in [0.3, 0.4) is 0 Å². The highest BCUT2D eigenvalue weighted by atomic mass is 32.1. The Hall–Kier alpha value is -1.94. The summed E-state index contributed by atoms with van der Waals surface area (Å²) in [5.41, 5.74) is 2.09. The van der Waals surface area contributed by atoms with Gasteiger partial charge in [0, 0.05) is 22.4 Å². The van der Waals surface area contributed by atoms with Crippen LogP contribution < -0.4 is 5.32 Å². The van der Waals surface area contributed by atoms with Crippen molar-refractivity contribution in [1.29, 1.82) is 0 Å². The van der Waals surface area contributed by atoms with Gasteiger partial charge in [-0.2, -0.15) is 11.3 Å². The molecular formula is C17H17N3S. The Balaban J connectivity index is 1.81. The van der Waals surface area contributed by atoms with Crippen LogP contribution in [0.4, 0.5) is 5.82 Å². The van der Waals surface area contributed by atoms with Gasteiger partial charge in [-0.1, -0.05) is 12.1 Å². The molecule has 0 spiro atoms. The van der Waals surface area contributed by atoms with E-state index in [1.54, 1.807) is 11.3 Å². The predicted molar refractivity (Wildman–Crippen MR) is 88.7 cm³/mol. The lowest BCUT2D eigenvalue weighted by atomic mass is 10.2. The average Bonchev–Trinajstić information content (AvgIpc) is 3.22. The second-order valence-electron chi connectivity index (χ2n) is 5.70. The number of benzene rings is 1. The monoisotopic (exact) mass is 295 g/mol. The molecule has 2 heterocycles. The number of hydrogen-bond acceptors (Lipinski definition) is 4. The van der Waals surface area contributed by atoms with Crippen LogP contribution in [0.1, 0.15) is 19.8 Å². The van der Waals surface area contributed by atoms with Crippen LogP contribution in [0.2, 0.25) is 0 Å². The molecule has 1 fully saturated rings. The molecule has 1 aliphatic carbocycles. The van der Waals surface area contributed by atoms with E-state index in [9.17, 15) is 0 Å². The maximum absolute atomic E-state index is 4.78. The number of thiophene rings is 1. The maximum atomic E-state index is 4.78. The highest BCUT2D eigenvalue weighted by molar-refractivity contribution is 7.08. The lowest BCUT2D eigenvalue weighted by Crippen LogP contribution is -2.18. The zero-order valence-corrected chi connectivity index (χ0v) is 12.7. The third kappa shape index (κ3) is 2.51. The molecule has 0 amide bonds. The van der Waals surface area contributed by atoms with E-state index in [1.807, 2.05) is 12.1 Å². The first kappa shape index (κ1) is 12.8. The van der Waals surface area contributed by atoms with Gasteiger partial charge in [0.2, 0.25) is 0 Å². The molecule has 3 aromatic rings. The maximum Gasteiger partial charge on any atom is 0.162 e. The third-order valence-electron chi connectivity index (χ3n) is 4.08. The molecule has 106 valence electrons. The largest absolute Gasteiger partial charge is 0.367 e. The average molecular weight is 295 g/mol. The molecule has 1 atom stereocenters. The van der Waals surface area contributed by atoms with Crippen molar-refractivity contribution in [3.8, 4) is 11.4 Å². The minimum Gasteiger partial charge on any atom is -0.367 e. The van der Waals surface area contributed by atoms with Crippen molar-refractivity contribution < 1.29 is 0 Å². The molecule has 0 saturated heterocycles. The van der Waals surface area contributed by atoms with E-state index < -0.39 is 0 Å². The molecule has 0 bridgehead atoms. The predicted octanol–water partition coefficient (Wildman–Crippen LogP) is 4.57. The molecule has 1 saturated carbocycles. The first-order valence-electron chi connectivity index (χ1n) is 7.37. The van der Waals surface area contributed by atoms with Crippen molar-refractivity contribution in [3.05, 3.63) is 41.1 Å². The van der Waals surface area contributed by atoms with Crippen LogP contribution in [0.25, 0.3) is 22.3 Å². The number of aromatic nitrogens is 2. The van der Waals surface area contributed by atoms with Crippen LogP contribution >= 0.6 is 11.3 Å². The molecule has 21 heavy (non-hydrogen) atoms. The van der Waals surface area contributed by atoms with Crippen LogP contribution in [0.5, 0.6) is 0 Å². The molecule has 3 nitrogen and oxygen atoms in total. The Morgan fingerprint density at radius 3 is 2.81 bits per heavy atom. The Morgan fingerprint density at radius 1 is 1.19 bits per heavy atom. The summed E-state index contributed by atoms with van der Waals surface area (Å²) in [6, 6.07) is 10.8. The summed E-state index contributed by atoms with van der Waals surface area (Å²) in [7, 11) is 0. The number of nitrogens with zero attached hydrogens (tertiary/aromatic N) is 2. The van der Waals surface area contributed by atoms with Crippen molar-refractivity contribution >= 4 is 28.1 Å². The highest BCUT2D eigenvalue weighted by Crippen LogP contribution is 2.35. The number of anilines is 1. The van der Waals surface area contributed by atoms with Crippen molar-refractivity contribution in [2.45, 2.75) is 25.8 Å². The normalized spacial score (nSPS) is 16.0. The van der Waals surface area contributed by atoms with Gasteiger partial charge in [0.1, 0.15) is 5.82 Å². The molecule has 1 N–H and O–H groups in total. The van der Waals surface area contributed by atoms with E-state index in [2.05, 4.69) is 41.2 Å². The minimum absolute atomic E-state index is 0.471. The first-order valence-corrected chi connectivity index (χ1v) is 8.31. The van der Waals surface area contributed by atoms with Crippen molar-refractivity contribution in [2.75, 3.05) is 5.32 Å². The highest BCUT2D eigenvalue weighted by Gasteiger charge is 2.28. The van der Waals surface area contributed by atoms with Gasteiger partial charge in [0.25, 0.3) is 0 Å². The molecule has 0 aliphatic heterocycles. The lowest BCUT2D eigenvalue weighted by Gasteiger charge is -2.16. The van der Waals surface area contributed by atoms with E-state index in [-0.39, 0.29) is 0 Å². The van der Waals surface area contributed by atoms with Gasteiger partial charge in [-0.15, -0.1) is 0 Å². The smallest absolute Gasteiger partial charge is 0.162 e. The van der Waals surface area contributed by atoms with Crippen molar-refractivity contribution in [3.63, 3.8) is 0 Å². The summed E-state index contributed by atoms with van der Waals surface area (Å²) in [5.74, 6) is 2.56. The molecule has 2 aromatic heterocycles. The third-order valence-corrected chi connectivity index (χ3v) is 4.76. The fourth-order valence-electron chi connectivity index (χ4n) is 2.64. The summed E-state index contributed by atoms with van der Waals surface area (Å²) in [4.78, 5) is 9.48. The Bertz CT molecular complexity index is 763. The summed E-state index contributed by atoms with van der Waals surface area (Å²) < 4.78 is 0. The van der Waals surface area contributed by atoms with Gasteiger partial charge < -0.3 is 5.32 Å². The number of fused-ring (bicyclic) bond motifs is 1. The standard InChI is InChI=1S/C17H17N3S/c1-11(12-6-7-12)18-17-14-4-2-3-5-15(14)19-16(20-17)13-8-9-21-10-13/h2-5,8-12H,6-7H2,1H3,(H,18,19,20)/t11-/m0/s1. The zero-order valence-electron chi connectivity index (χ0n) is 11.9. The van der Waals surface area contributed by atoms with E-state index in [0.717, 1.165) is 34.0 Å². The second kappa shape index (κ2) is 5.11. The van der Waals surface area contributed by atoms with Crippen molar-refractivity contribution in [1.82, 2.24) is 9.97 Å². The SMILES string of the molecule is C[C@H](Nc1nc(-c2ccsc2)nc2ccccc12)C1CC1. The van der Waals surface area contributed by atoms with Gasteiger partial charge in [0.05, 0.1) is 5.52 Å². The second-order valence-corrected chi connectivity index (χ2v) is 6.48. The van der Waals surface area contributed by atoms with Crippen LogP contribution in [-0.2, 0) is 0 Å². The molecule has 1 aliphatic rings. The Labute approximate surface area is 128 Å². The summed E-state index contributed by atoms with van der Waals surface area (Å²) in [6.45, 7) is 2.25. The molecule has 4 rings (SSSR count). The number of para-hydroxylation sites is 1. The van der Waals surface area contributed by atoms with E-state index in [0.29, 0.717) is 6.04 Å². The van der Waals surface area contributed by atoms with Gasteiger partial charge in [-0.05, 0) is 49.3 Å². The van der Waals surface area contributed by atoms with Crippen LogP contribution in [-0.4, -0.2) is 16.0 Å². The zero-order chi connectivity index (χ0) is 14.2. The fraction of sp³-hybridized carbons (Fsp3) is 0.294. The van der Waals surface area contributed by atoms with Gasteiger partial charge >= 0.3 is 0 Å². The summed E-state index contributed by atoms with van der Waals surface area (Å²) in [6.07, 6.45) is 2.66. The summed E-state index contributed by atoms with van der Waals surface area (Å²) >= 11 is 1.67. The Morgan fingerprint density at radius 2 is 2.05 bits per heavy atom.